The minimum Gasteiger partial charge on any atom is -0.353 e. The first-order chi connectivity index (χ1) is 11.7. The van der Waals surface area contributed by atoms with Gasteiger partial charge in [0.15, 0.2) is 5.82 Å². The Hall–Kier alpha value is -2.41. The molecular weight excluding hydrogens is 306 g/mol. The third-order valence-corrected chi connectivity index (χ3v) is 4.40. The van der Waals surface area contributed by atoms with Crippen LogP contribution in [-0.4, -0.2) is 40.4 Å². The molecule has 0 saturated heterocycles. The number of hydrogen-bond donors (Lipinski definition) is 4. The number of carbonyl (C=O) groups excluding carboxylic acids is 2. The number of nitrogens with one attached hydrogen (secondary N) is 3. The van der Waals surface area contributed by atoms with Gasteiger partial charge in [0.05, 0.1) is 11.0 Å². The van der Waals surface area contributed by atoms with E-state index in [0.29, 0.717) is 18.8 Å². The number of aromatic amines is 1. The SMILES string of the molecule is NCCC(=O)NC1CCC(NC(=O)c2nc3ccccc3[nH]2)CC1. The minimum absolute atomic E-state index is 0.00672. The second kappa shape index (κ2) is 7.44. The molecule has 1 aromatic carbocycles. The maximum Gasteiger partial charge on any atom is 0.287 e. The number of aromatic nitrogens is 2. The number of nitrogens with zero attached hydrogens (tertiary/aromatic N) is 1. The highest BCUT2D eigenvalue weighted by molar-refractivity contribution is 5.94. The van der Waals surface area contributed by atoms with E-state index in [1.807, 2.05) is 24.3 Å². The fourth-order valence-electron chi connectivity index (χ4n) is 3.13. The van der Waals surface area contributed by atoms with E-state index in [1.54, 1.807) is 0 Å². The molecule has 2 aromatic rings. The lowest BCUT2D eigenvalue weighted by Gasteiger charge is -2.29. The van der Waals surface area contributed by atoms with Crippen molar-refractivity contribution in [2.75, 3.05) is 6.54 Å². The lowest BCUT2D eigenvalue weighted by molar-refractivity contribution is -0.121. The zero-order chi connectivity index (χ0) is 16.9. The lowest BCUT2D eigenvalue weighted by Crippen LogP contribution is -2.44. The number of H-pyrrole nitrogens is 1. The molecule has 0 aliphatic heterocycles. The summed E-state index contributed by atoms with van der Waals surface area (Å²) in [6, 6.07) is 7.87. The highest BCUT2D eigenvalue weighted by atomic mass is 16.2. The summed E-state index contributed by atoms with van der Waals surface area (Å²) in [5.41, 5.74) is 7.02. The second-order valence-electron chi connectivity index (χ2n) is 6.23. The van der Waals surface area contributed by atoms with Crippen LogP contribution in [0.1, 0.15) is 42.7 Å². The zero-order valence-corrected chi connectivity index (χ0v) is 13.5. The van der Waals surface area contributed by atoms with Gasteiger partial charge in [-0.2, -0.15) is 0 Å². The van der Waals surface area contributed by atoms with Crippen LogP contribution >= 0.6 is 0 Å². The number of imidazole rings is 1. The Morgan fingerprint density at radius 3 is 2.46 bits per heavy atom. The summed E-state index contributed by atoms with van der Waals surface area (Å²) in [5, 5.41) is 6.02. The van der Waals surface area contributed by atoms with Crippen LogP contribution in [0.2, 0.25) is 0 Å². The topological polar surface area (TPSA) is 113 Å². The molecular formula is C17H23N5O2. The Labute approximate surface area is 140 Å². The molecule has 1 saturated carbocycles. The molecule has 5 N–H and O–H groups in total. The zero-order valence-electron chi connectivity index (χ0n) is 13.5. The van der Waals surface area contributed by atoms with Crippen LogP contribution in [0.15, 0.2) is 24.3 Å². The van der Waals surface area contributed by atoms with Gasteiger partial charge < -0.3 is 21.4 Å². The second-order valence-corrected chi connectivity index (χ2v) is 6.23. The van der Waals surface area contributed by atoms with Crippen molar-refractivity contribution in [3.05, 3.63) is 30.1 Å². The molecule has 1 fully saturated rings. The van der Waals surface area contributed by atoms with Gasteiger partial charge in [-0.15, -0.1) is 0 Å². The Balaban J connectivity index is 1.50. The fourth-order valence-corrected chi connectivity index (χ4v) is 3.13. The van der Waals surface area contributed by atoms with Gasteiger partial charge in [-0.05, 0) is 37.8 Å². The molecule has 0 atom stereocenters. The van der Waals surface area contributed by atoms with Crippen molar-refractivity contribution >= 4 is 22.8 Å². The summed E-state index contributed by atoms with van der Waals surface area (Å²) in [6.07, 6.45) is 3.78. The van der Waals surface area contributed by atoms with Gasteiger partial charge in [0.1, 0.15) is 0 Å². The van der Waals surface area contributed by atoms with Gasteiger partial charge in [0.25, 0.3) is 5.91 Å². The van der Waals surface area contributed by atoms with Crippen molar-refractivity contribution in [2.45, 2.75) is 44.2 Å². The van der Waals surface area contributed by atoms with Crippen LogP contribution in [0.5, 0.6) is 0 Å². The molecule has 24 heavy (non-hydrogen) atoms. The van der Waals surface area contributed by atoms with Crippen LogP contribution in [0.4, 0.5) is 0 Å². The van der Waals surface area contributed by atoms with Gasteiger partial charge in [-0.25, -0.2) is 4.98 Å². The number of amides is 2. The van der Waals surface area contributed by atoms with Gasteiger partial charge in [-0.1, -0.05) is 12.1 Å². The van der Waals surface area contributed by atoms with Crippen molar-refractivity contribution < 1.29 is 9.59 Å². The number of rotatable bonds is 5. The number of hydrogen-bond acceptors (Lipinski definition) is 4. The van der Waals surface area contributed by atoms with Gasteiger partial charge in [0.2, 0.25) is 5.91 Å². The first kappa shape index (κ1) is 16.4. The number of fused-ring (bicyclic) bond motifs is 1. The molecule has 0 spiro atoms. The first-order valence-corrected chi connectivity index (χ1v) is 8.40. The average molecular weight is 329 g/mol. The number of benzene rings is 1. The van der Waals surface area contributed by atoms with Crippen LogP contribution in [0.3, 0.4) is 0 Å². The van der Waals surface area contributed by atoms with Crippen LogP contribution in [-0.2, 0) is 4.79 Å². The maximum atomic E-state index is 12.3. The largest absolute Gasteiger partial charge is 0.353 e. The summed E-state index contributed by atoms with van der Waals surface area (Å²) in [6.45, 7) is 0.370. The highest BCUT2D eigenvalue weighted by Crippen LogP contribution is 2.19. The summed E-state index contributed by atoms with van der Waals surface area (Å²) >= 11 is 0. The quantitative estimate of drug-likeness (QED) is 0.657. The third kappa shape index (κ3) is 3.91. The van der Waals surface area contributed by atoms with E-state index in [0.717, 1.165) is 36.7 Å². The molecule has 1 heterocycles. The average Bonchev–Trinajstić information content (AvgIpc) is 3.01. The molecule has 7 nitrogen and oxygen atoms in total. The first-order valence-electron chi connectivity index (χ1n) is 8.40. The van der Waals surface area contributed by atoms with Crippen LogP contribution < -0.4 is 16.4 Å². The van der Waals surface area contributed by atoms with E-state index >= 15 is 0 Å². The van der Waals surface area contributed by atoms with E-state index in [4.69, 9.17) is 5.73 Å². The normalized spacial score (nSPS) is 20.7. The summed E-state index contributed by atoms with van der Waals surface area (Å²) in [4.78, 5) is 31.3. The summed E-state index contributed by atoms with van der Waals surface area (Å²) in [7, 11) is 0. The molecule has 3 rings (SSSR count). The van der Waals surface area contributed by atoms with Crippen LogP contribution in [0.25, 0.3) is 11.0 Å². The molecule has 1 aliphatic rings. The minimum atomic E-state index is -0.179. The van der Waals surface area contributed by atoms with Gasteiger partial charge in [0, 0.05) is 25.0 Å². The van der Waals surface area contributed by atoms with Crippen LogP contribution in [0, 0.1) is 0 Å². The highest BCUT2D eigenvalue weighted by Gasteiger charge is 2.24. The molecule has 0 bridgehead atoms. The van der Waals surface area contributed by atoms with Crippen molar-refractivity contribution in [2.24, 2.45) is 5.73 Å². The molecule has 1 aliphatic carbocycles. The molecule has 7 heteroatoms. The lowest BCUT2D eigenvalue weighted by atomic mass is 9.91. The molecule has 0 unspecified atom stereocenters. The Morgan fingerprint density at radius 2 is 1.79 bits per heavy atom. The van der Waals surface area contributed by atoms with E-state index in [1.165, 1.54) is 0 Å². The van der Waals surface area contributed by atoms with Crippen molar-refractivity contribution in [3.63, 3.8) is 0 Å². The van der Waals surface area contributed by atoms with E-state index in [2.05, 4.69) is 20.6 Å². The molecule has 2 amide bonds. The molecule has 128 valence electrons. The Kier molecular flexibility index (Phi) is 5.10. The standard InChI is InChI=1S/C17H23N5O2/c18-10-9-15(23)19-11-5-7-12(8-6-11)20-17(24)16-21-13-3-1-2-4-14(13)22-16/h1-4,11-12H,5-10,18H2,(H,19,23)(H,20,24)(H,21,22). The van der Waals surface area contributed by atoms with Crippen molar-refractivity contribution in [1.29, 1.82) is 0 Å². The Bertz CT molecular complexity index is 686. The maximum absolute atomic E-state index is 12.3. The Morgan fingerprint density at radius 1 is 1.12 bits per heavy atom. The monoisotopic (exact) mass is 329 g/mol. The summed E-state index contributed by atoms with van der Waals surface area (Å²) < 4.78 is 0. The van der Waals surface area contributed by atoms with Gasteiger partial charge >= 0.3 is 0 Å². The van der Waals surface area contributed by atoms with E-state index in [9.17, 15) is 9.59 Å². The number of nitrogens with two attached hydrogens (primary N) is 1. The van der Waals surface area contributed by atoms with Crippen molar-refractivity contribution in [1.82, 2.24) is 20.6 Å². The third-order valence-electron chi connectivity index (χ3n) is 4.40. The number of para-hydroxylation sites is 2. The van der Waals surface area contributed by atoms with Crippen molar-refractivity contribution in [3.8, 4) is 0 Å². The van der Waals surface area contributed by atoms with Gasteiger partial charge in [-0.3, -0.25) is 9.59 Å². The summed E-state index contributed by atoms with van der Waals surface area (Å²) in [5.74, 6) is 0.170. The molecule has 1 aromatic heterocycles. The predicted octanol–water partition coefficient (Wildman–Crippen LogP) is 1.07. The van der Waals surface area contributed by atoms with E-state index < -0.39 is 0 Å². The number of carbonyl (C=O) groups is 2. The fraction of sp³-hybridized carbons (Fsp3) is 0.471. The van der Waals surface area contributed by atoms with E-state index in [-0.39, 0.29) is 23.9 Å². The molecule has 0 radical (unpaired) electrons. The smallest absolute Gasteiger partial charge is 0.287 e. The predicted molar refractivity (Wildman–Crippen MR) is 91.4 cm³/mol.